The van der Waals surface area contributed by atoms with Crippen LogP contribution in [-0.4, -0.2) is 6.61 Å². The largest absolute Gasteiger partial charge is 0.492 e. The zero-order valence-corrected chi connectivity index (χ0v) is 8.84. The lowest BCUT2D eigenvalue weighted by atomic mass is 10.2. The third-order valence-electron chi connectivity index (χ3n) is 1.82. The van der Waals surface area contributed by atoms with E-state index in [0.717, 1.165) is 12.8 Å². The molecule has 0 atom stereocenters. The van der Waals surface area contributed by atoms with Crippen LogP contribution >= 0.6 is 11.6 Å². The van der Waals surface area contributed by atoms with Crippen molar-refractivity contribution in [3.63, 3.8) is 0 Å². The van der Waals surface area contributed by atoms with Crippen LogP contribution in [0.25, 0.3) is 0 Å². The number of nitriles is 1. The Morgan fingerprint density at radius 1 is 1.50 bits per heavy atom. The molecule has 0 unspecified atom stereocenters. The van der Waals surface area contributed by atoms with Crippen molar-refractivity contribution in [3.8, 4) is 11.8 Å². The highest BCUT2D eigenvalue weighted by atomic mass is 35.5. The van der Waals surface area contributed by atoms with Crippen LogP contribution in [0.5, 0.6) is 5.75 Å². The van der Waals surface area contributed by atoms with Crippen LogP contribution in [0.1, 0.15) is 25.3 Å². The second kappa shape index (κ2) is 5.51. The van der Waals surface area contributed by atoms with Crippen LogP contribution in [0, 0.1) is 11.3 Å². The molecule has 1 aromatic carbocycles. The van der Waals surface area contributed by atoms with Crippen LogP contribution in [0.3, 0.4) is 0 Å². The Hall–Kier alpha value is -1.20. The smallest absolute Gasteiger partial charge is 0.137 e. The zero-order valence-electron chi connectivity index (χ0n) is 8.09. The summed E-state index contributed by atoms with van der Waals surface area (Å²) in [6.45, 7) is 2.77. The third-order valence-corrected chi connectivity index (χ3v) is 2.11. The molecule has 0 aliphatic rings. The number of unbranched alkanes of at least 4 members (excludes halogenated alkanes) is 1. The van der Waals surface area contributed by atoms with Crippen molar-refractivity contribution < 1.29 is 4.74 Å². The molecule has 0 spiro atoms. The van der Waals surface area contributed by atoms with Crippen molar-refractivity contribution in [1.29, 1.82) is 5.26 Å². The Morgan fingerprint density at radius 3 is 2.86 bits per heavy atom. The van der Waals surface area contributed by atoms with Crippen molar-refractivity contribution in [2.75, 3.05) is 6.61 Å². The van der Waals surface area contributed by atoms with E-state index in [-0.39, 0.29) is 0 Å². The van der Waals surface area contributed by atoms with E-state index >= 15 is 0 Å². The Bertz CT molecular complexity index is 344. The van der Waals surface area contributed by atoms with Gasteiger partial charge in [0.1, 0.15) is 5.75 Å². The van der Waals surface area contributed by atoms with Crippen molar-refractivity contribution in [2.45, 2.75) is 19.8 Å². The molecule has 2 nitrogen and oxygen atoms in total. The number of rotatable bonds is 4. The van der Waals surface area contributed by atoms with Crippen LogP contribution in [-0.2, 0) is 0 Å². The normalized spacial score (nSPS) is 9.50. The zero-order chi connectivity index (χ0) is 10.4. The molecule has 0 fully saturated rings. The van der Waals surface area contributed by atoms with E-state index in [9.17, 15) is 0 Å². The average molecular weight is 210 g/mol. The lowest BCUT2D eigenvalue weighted by Crippen LogP contribution is -1.96. The number of hydrogen-bond donors (Lipinski definition) is 0. The minimum Gasteiger partial charge on any atom is -0.492 e. The Balaban J connectivity index is 2.65. The van der Waals surface area contributed by atoms with Gasteiger partial charge >= 0.3 is 0 Å². The van der Waals surface area contributed by atoms with Gasteiger partial charge in [-0.05, 0) is 24.6 Å². The van der Waals surface area contributed by atoms with E-state index in [4.69, 9.17) is 21.6 Å². The third kappa shape index (κ3) is 2.93. The maximum absolute atomic E-state index is 8.62. The summed E-state index contributed by atoms with van der Waals surface area (Å²) >= 11 is 5.91. The van der Waals surface area contributed by atoms with Crippen LogP contribution in [0.4, 0.5) is 0 Å². The van der Waals surface area contributed by atoms with Gasteiger partial charge in [0.15, 0.2) is 0 Å². The fraction of sp³-hybridized carbons (Fsp3) is 0.364. The van der Waals surface area contributed by atoms with Gasteiger partial charge in [0, 0.05) is 0 Å². The first-order valence-corrected chi connectivity index (χ1v) is 4.98. The first kappa shape index (κ1) is 10.9. The molecule has 0 saturated heterocycles. The van der Waals surface area contributed by atoms with Gasteiger partial charge in [0.05, 0.1) is 23.3 Å². The second-order valence-corrected chi connectivity index (χ2v) is 3.37. The molecule has 1 rings (SSSR count). The molecule has 0 heterocycles. The van der Waals surface area contributed by atoms with E-state index in [1.165, 1.54) is 0 Å². The molecule has 0 radical (unpaired) electrons. The SMILES string of the molecule is CCCCOc1ccc(C#N)cc1Cl. The molecule has 74 valence electrons. The lowest BCUT2D eigenvalue weighted by Gasteiger charge is -2.06. The number of hydrogen-bond acceptors (Lipinski definition) is 2. The molecule has 0 aliphatic heterocycles. The lowest BCUT2D eigenvalue weighted by molar-refractivity contribution is 0.309. The van der Waals surface area contributed by atoms with Gasteiger partial charge < -0.3 is 4.74 Å². The molecule has 0 aliphatic carbocycles. The van der Waals surface area contributed by atoms with E-state index in [1.807, 2.05) is 6.07 Å². The highest BCUT2D eigenvalue weighted by Crippen LogP contribution is 2.25. The maximum atomic E-state index is 8.62. The standard InChI is InChI=1S/C11H12ClNO/c1-2-3-6-14-11-5-4-9(8-13)7-10(11)12/h4-5,7H,2-3,6H2,1H3. The fourth-order valence-electron chi connectivity index (χ4n) is 1.01. The number of ether oxygens (including phenoxy) is 1. The molecular formula is C11H12ClNO. The van der Waals surface area contributed by atoms with Gasteiger partial charge in [-0.3, -0.25) is 0 Å². The van der Waals surface area contributed by atoms with Gasteiger partial charge in [-0.1, -0.05) is 24.9 Å². The molecule has 0 bridgehead atoms. The summed E-state index contributed by atoms with van der Waals surface area (Å²) < 4.78 is 5.44. The molecule has 0 N–H and O–H groups in total. The van der Waals surface area contributed by atoms with E-state index in [1.54, 1.807) is 18.2 Å². The summed E-state index contributed by atoms with van der Waals surface area (Å²) in [6, 6.07) is 7.07. The molecule has 0 amide bonds. The predicted octanol–water partition coefficient (Wildman–Crippen LogP) is 3.39. The van der Waals surface area contributed by atoms with Crippen LogP contribution < -0.4 is 4.74 Å². The predicted molar refractivity (Wildman–Crippen MR) is 56.6 cm³/mol. The number of benzene rings is 1. The first-order chi connectivity index (χ1) is 6.77. The summed E-state index contributed by atoms with van der Waals surface area (Å²) in [5.41, 5.74) is 0.554. The summed E-state index contributed by atoms with van der Waals surface area (Å²) in [6.07, 6.45) is 2.10. The van der Waals surface area contributed by atoms with E-state index < -0.39 is 0 Å². The van der Waals surface area contributed by atoms with Gasteiger partial charge in [-0.15, -0.1) is 0 Å². The van der Waals surface area contributed by atoms with Crippen molar-refractivity contribution in [1.82, 2.24) is 0 Å². The minimum absolute atomic E-state index is 0.500. The molecule has 1 aromatic rings. The highest BCUT2D eigenvalue weighted by molar-refractivity contribution is 6.32. The minimum atomic E-state index is 0.500. The van der Waals surface area contributed by atoms with Crippen molar-refractivity contribution in [3.05, 3.63) is 28.8 Å². The summed E-state index contributed by atoms with van der Waals surface area (Å²) in [4.78, 5) is 0. The molecule has 14 heavy (non-hydrogen) atoms. The van der Waals surface area contributed by atoms with Gasteiger partial charge in [-0.2, -0.15) is 5.26 Å². The molecule has 0 saturated carbocycles. The van der Waals surface area contributed by atoms with Gasteiger partial charge in [0.25, 0.3) is 0 Å². The molecule has 0 aromatic heterocycles. The van der Waals surface area contributed by atoms with Crippen LogP contribution in [0.2, 0.25) is 5.02 Å². The highest BCUT2D eigenvalue weighted by Gasteiger charge is 2.01. The molecule has 3 heteroatoms. The summed E-state index contributed by atoms with van der Waals surface area (Å²) in [5, 5.41) is 9.12. The number of halogens is 1. The topological polar surface area (TPSA) is 33.0 Å². The van der Waals surface area contributed by atoms with Gasteiger partial charge in [-0.25, -0.2) is 0 Å². The van der Waals surface area contributed by atoms with Crippen LogP contribution in [0.15, 0.2) is 18.2 Å². The van der Waals surface area contributed by atoms with E-state index in [2.05, 4.69) is 6.92 Å². The van der Waals surface area contributed by atoms with Crippen molar-refractivity contribution >= 4 is 11.6 Å². The second-order valence-electron chi connectivity index (χ2n) is 2.96. The first-order valence-electron chi connectivity index (χ1n) is 4.60. The maximum Gasteiger partial charge on any atom is 0.137 e. The monoisotopic (exact) mass is 209 g/mol. The van der Waals surface area contributed by atoms with Crippen molar-refractivity contribution in [2.24, 2.45) is 0 Å². The number of nitrogens with zero attached hydrogens (tertiary/aromatic N) is 1. The Morgan fingerprint density at radius 2 is 2.29 bits per heavy atom. The van der Waals surface area contributed by atoms with E-state index in [0.29, 0.717) is 22.9 Å². The quantitative estimate of drug-likeness (QED) is 0.713. The average Bonchev–Trinajstić information content (AvgIpc) is 2.20. The fourth-order valence-corrected chi connectivity index (χ4v) is 1.25. The Labute approximate surface area is 89.1 Å². The Kier molecular flexibility index (Phi) is 4.28. The summed E-state index contributed by atoms with van der Waals surface area (Å²) in [5.74, 6) is 0.652. The van der Waals surface area contributed by atoms with Gasteiger partial charge in [0.2, 0.25) is 0 Å². The molecular weight excluding hydrogens is 198 g/mol. The summed E-state index contributed by atoms with van der Waals surface area (Å²) in [7, 11) is 0.